The van der Waals surface area contributed by atoms with Gasteiger partial charge >= 0.3 is 0 Å². The molecule has 3 rings (SSSR count). The number of nitrogens with one attached hydrogen (secondary N) is 1. The minimum absolute atomic E-state index is 0.0257. The van der Waals surface area contributed by atoms with Crippen molar-refractivity contribution in [1.29, 1.82) is 0 Å². The van der Waals surface area contributed by atoms with Crippen LogP contribution >= 0.6 is 11.6 Å². The van der Waals surface area contributed by atoms with E-state index in [0.29, 0.717) is 24.3 Å². The molecule has 7 nitrogen and oxygen atoms in total. The molecule has 1 aromatic carbocycles. The summed E-state index contributed by atoms with van der Waals surface area (Å²) in [6.45, 7) is 7.78. The molecule has 1 saturated heterocycles. The predicted molar refractivity (Wildman–Crippen MR) is 131 cm³/mol. The highest BCUT2D eigenvalue weighted by Crippen LogP contribution is 2.35. The fourth-order valence-corrected chi connectivity index (χ4v) is 4.73. The molecule has 2 aliphatic rings. The monoisotopic (exact) mass is 487 g/mol. The van der Waals surface area contributed by atoms with Crippen LogP contribution in [0.4, 0.5) is 0 Å². The Morgan fingerprint density at radius 3 is 2.15 bits per heavy atom. The molecular formula is C26H34ClN3O4. The minimum atomic E-state index is -0.681. The van der Waals surface area contributed by atoms with E-state index in [1.807, 2.05) is 52.0 Å². The summed E-state index contributed by atoms with van der Waals surface area (Å²) >= 11 is 6.01. The third-order valence-corrected chi connectivity index (χ3v) is 6.55. The van der Waals surface area contributed by atoms with Crippen LogP contribution < -0.4 is 5.32 Å². The molecule has 0 radical (unpaired) electrons. The summed E-state index contributed by atoms with van der Waals surface area (Å²) in [5, 5.41) is 3.55. The van der Waals surface area contributed by atoms with E-state index in [9.17, 15) is 19.2 Å². The smallest absolute Gasteiger partial charge is 0.243 e. The number of hydrogen-bond donors (Lipinski definition) is 1. The van der Waals surface area contributed by atoms with Crippen molar-refractivity contribution in [3.05, 3.63) is 47.0 Å². The fraction of sp³-hybridized carbons (Fsp3) is 0.538. The number of halogens is 1. The van der Waals surface area contributed by atoms with Gasteiger partial charge in [0.25, 0.3) is 0 Å². The number of allylic oxidation sites excluding steroid dienone is 2. The summed E-state index contributed by atoms with van der Waals surface area (Å²) in [6, 6.07) is 6.45. The first kappa shape index (κ1) is 25.9. The van der Waals surface area contributed by atoms with Crippen LogP contribution in [0.25, 0.3) is 0 Å². The van der Waals surface area contributed by atoms with Gasteiger partial charge in [-0.05, 0) is 57.7 Å². The Balaban J connectivity index is 1.77. The number of amides is 4. The lowest BCUT2D eigenvalue weighted by molar-refractivity contribution is -0.144. The van der Waals surface area contributed by atoms with Gasteiger partial charge in [-0.15, -0.1) is 0 Å². The molecule has 0 saturated carbocycles. The number of hydrogen-bond acceptors (Lipinski definition) is 4. The normalized spacial score (nSPS) is 20.8. The molecule has 1 fully saturated rings. The van der Waals surface area contributed by atoms with E-state index in [1.54, 1.807) is 17.0 Å². The molecule has 1 heterocycles. The maximum atomic E-state index is 13.4. The summed E-state index contributed by atoms with van der Waals surface area (Å²) in [6.07, 6.45) is 5.40. The number of nitrogens with zero attached hydrogens (tertiary/aromatic N) is 2. The van der Waals surface area contributed by atoms with E-state index in [-0.39, 0.29) is 55.0 Å². The molecule has 34 heavy (non-hydrogen) atoms. The molecule has 1 aliphatic carbocycles. The second kappa shape index (κ2) is 10.7. The maximum absolute atomic E-state index is 13.4. The Hall–Kier alpha value is -2.67. The lowest BCUT2D eigenvalue weighted by Crippen LogP contribution is -2.53. The molecule has 0 aromatic heterocycles. The van der Waals surface area contributed by atoms with E-state index in [2.05, 4.69) is 5.32 Å². The zero-order valence-electron chi connectivity index (χ0n) is 20.3. The Morgan fingerprint density at radius 2 is 1.65 bits per heavy atom. The highest BCUT2D eigenvalue weighted by atomic mass is 35.5. The van der Waals surface area contributed by atoms with Gasteiger partial charge in [0.1, 0.15) is 6.04 Å². The third kappa shape index (κ3) is 6.06. The van der Waals surface area contributed by atoms with Crippen LogP contribution in [0.1, 0.15) is 58.9 Å². The van der Waals surface area contributed by atoms with Gasteiger partial charge < -0.3 is 10.2 Å². The van der Waals surface area contributed by atoms with Gasteiger partial charge in [0.15, 0.2) is 0 Å². The lowest BCUT2D eigenvalue weighted by atomic mass is 9.85. The number of rotatable bonds is 8. The maximum Gasteiger partial charge on any atom is 0.243 e. The highest BCUT2D eigenvalue weighted by Gasteiger charge is 2.47. The molecule has 1 aromatic rings. The molecule has 0 bridgehead atoms. The van der Waals surface area contributed by atoms with Gasteiger partial charge in [-0.2, -0.15) is 0 Å². The van der Waals surface area contributed by atoms with Crippen molar-refractivity contribution in [2.24, 2.45) is 11.8 Å². The minimum Gasteiger partial charge on any atom is -0.350 e. The quantitative estimate of drug-likeness (QED) is 0.447. The van der Waals surface area contributed by atoms with E-state index in [1.165, 1.54) is 4.90 Å². The number of imide groups is 1. The van der Waals surface area contributed by atoms with Crippen LogP contribution in [0.15, 0.2) is 36.4 Å². The Kier molecular flexibility index (Phi) is 8.18. The first-order chi connectivity index (χ1) is 16.0. The Labute approximate surface area is 206 Å². The van der Waals surface area contributed by atoms with Crippen molar-refractivity contribution >= 4 is 35.2 Å². The van der Waals surface area contributed by atoms with Gasteiger partial charge in [-0.1, -0.05) is 42.8 Å². The number of fused-ring (bicyclic) bond motifs is 1. The predicted octanol–water partition coefficient (Wildman–Crippen LogP) is 3.70. The molecule has 1 N–H and O–H groups in total. The Morgan fingerprint density at radius 1 is 1.09 bits per heavy atom. The zero-order chi connectivity index (χ0) is 25.0. The second-order valence-electron chi connectivity index (χ2n) is 10.0. The summed E-state index contributed by atoms with van der Waals surface area (Å²) in [5.41, 5.74) is 0.392. The summed E-state index contributed by atoms with van der Waals surface area (Å²) in [4.78, 5) is 54.8. The van der Waals surface area contributed by atoms with Crippen LogP contribution in [0.3, 0.4) is 0 Å². The first-order valence-electron chi connectivity index (χ1n) is 11.9. The summed E-state index contributed by atoms with van der Waals surface area (Å²) in [5.74, 6) is -1.55. The Bertz CT molecular complexity index is 941. The molecule has 3 atom stereocenters. The number of carbonyl (C=O) groups excluding carboxylic acids is 4. The van der Waals surface area contributed by atoms with Crippen molar-refractivity contribution in [2.75, 3.05) is 6.54 Å². The molecule has 0 spiro atoms. The van der Waals surface area contributed by atoms with Crippen LogP contribution in [-0.2, 0) is 25.7 Å². The van der Waals surface area contributed by atoms with Crippen molar-refractivity contribution in [3.63, 3.8) is 0 Å². The van der Waals surface area contributed by atoms with Crippen LogP contribution in [0.5, 0.6) is 0 Å². The van der Waals surface area contributed by atoms with Crippen molar-refractivity contribution in [2.45, 2.75) is 71.5 Å². The molecule has 1 aliphatic heterocycles. The number of benzene rings is 1. The lowest BCUT2D eigenvalue weighted by Gasteiger charge is -2.33. The van der Waals surface area contributed by atoms with Crippen LogP contribution in [0.2, 0.25) is 5.02 Å². The summed E-state index contributed by atoms with van der Waals surface area (Å²) < 4.78 is 0. The fourth-order valence-electron chi connectivity index (χ4n) is 4.60. The molecule has 4 amide bonds. The van der Waals surface area contributed by atoms with Crippen molar-refractivity contribution in [3.8, 4) is 0 Å². The van der Waals surface area contributed by atoms with Gasteiger partial charge in [0, 0.05) is 30.1 Å². The standard InChI is InChI=1S/C26H34ClN3O4/c1-5-21(23(32)28-26(2,3)4)30(16-17-10-12-18(27)13-11-17)22(31)14-15-29-24(33)19-8-6-7-9-20(19)25(29)34/h6-7,10-13,19-21H,5,8-9,14-16H2,1-4H3,(H,28,32)/t19-,20+,21-/m1/s1. The molecule has 184 valence electrons. The number of carbonyl (C=O) groups is 4. The highest BCUT2D eigenvalue weighted by molar-refractivity contribution is 6.30. The first-order valence-corrected chi connectivity index (χ1v) is 12.3. The summed E-state index contributed by atoms with van der Waals surface area (Å²) in [7, 11) is 0. The van der Waals surface area contributed by atoms with E-state index >= 15 is 0 Å². The van der Waals surface area contributed by atoms with Gasteiger partial charge in [-0.25, -0.2) is 0 Å². The topological polar surface area (TPSA) is 86.8 Å². The van der Waals surface area contributed by atoms with Gasteiger partial charge in [-0.3, -0.25) is 24.1 Å². The average Bonchev–Trinajstić information content (AvgIpc) is 3.02. The molecular weight excluding hydrogens is 454 g/mol. The van der Waals surface area contributed by atoms with Crippen LogP contribution in [-0.4, -0.2) is 51.6 Å². The van der Waals surface area contributed by atoms with Crippen LogP contribution in [0, 0.1) is 11.8 Å². The average molecular weight is 488 g/mol. The molecule has 8 heteroatoms. The van der Waals surface area contributed by atoms with E-state index in [0.717, 1.165) is 5.56 Å². The molecule has 0 unspecified atom stereocenters. The second-order valence-corrected chi connectivity index (χ2v) is 10.5. The zero-order valence-corrected chi connectivity index (χ0v) is 21.1. The number of likely N-dealkylation sites (tertiary alicyclic amines) is 1. The van der Waals surface area contributed by atoms with Gasteiger partial charge in [0.05, 0.1) is 11.8 Å². The SMILES string of the molecule is CC[C@H](C(=O)NC(C)(C)C)N(Cc1ccc(Cl)cc1)C(=O)CCN1C(=O)[C@H]2CC=CC[C@H]2C1=O. The van der Waals surface area contributed by atoms with E-state index in [4.69, 9.17) is 11.6 Å². The largest absolute Gasteiger partial charge is 0.350 e. The van der Waals surface area contributed by atoms with Crippen molar-refractivity contribution < 1.29 is 19.2 Å². The van der Waals surface area contributed by atoms with E-state index < -0.39 is 11.6 Å². The van der Waals surface area contributed by atoms with Gasteiger partial charge in [0.2, 0.25) is 23.6 Å². The van der Waals surface area contributed by atoms with Crippen molar-refractivity contribution in [1.82, 2.24) is 15.1 Å². The third-order valence-electron chi connectivity index (χ3n) is 6.30.